The van der Waals surface area contributed by atoms with Crippen molar-refractivity contribution in [1.29, 1.82) is 0 Å². The Morgan fingerprint density at radius 1 is 1.35 bits per heavy atom. The summed E-state index contributed by atoms with van der Waals surface area (Å²) in [7, 11) is 1.87. The minimum absolute atomic E-state index is 0.132. The average Bonchev–Trinajstić information content (AvgIpc) is 2.71. The highest BCUT2D eigenvalue weighted by molar-refractivity contribution is 7.15. The Balaban J connectivity index is 2.35. The van der Waals surface area contributed by atoms with E-state index in [0.717, 1.165) is 10.6 Å². The molecule has 4 nitrogen and oxygen atoms in total. The van der Waals surface area contributed by atoms with Crippen LogP contribution in [0.2, 0.25) is 0 Å². The molecular weight excluding hydrogens is 236 g/mol. The largest absolute Gasteiger partial charge is 0.476 e. The molecule has 0 aliphatic rings. The number of aromatic nitrogens is 1. The minimum atomic E-state index is -0.980. The second kappa shape index (κ2) is 4.55. The van der Waals surface area contributed by atoms with E-state index in [2.05, 4.69) is 4.98 Å². The summed E-state index contributed by atoms with van der Waals surface area (Å²) in [6.45, 7) is 1.77. The van der Waals surface area contributed by atoms with Crippen LogP contribution in [-0.4, -0.2) is 23.1 Å². The summed E-state index contributed by atoms with van der Waals surface area (Å²) in [5, 5.41) is 9.64. The molecule has 0 radical (unpaired) electrons. The number of carboxylic acids is 1. The first-order valence-electron chi connectivity index (χ1n) is 5.09. The molecule has 0 saturated heterocycles. The number of hydrogen-bond acceptors (Lipinski definition) is 4. The van der Waals surface area contributed by atoms with E-state index in [-0.39, 0.29) is 5.69 Å². The predicted molar refractivity (Wildman–Crippen MR) is 68.3 cm³/mol. The molecule has 2 aromatic rings. The molecule has 1 aromatic heterocycles. The van der Waals surface area contributed by atoms with E-state index in [1.165, 1.54) is 11.3 Å². The Morgan fingerprint density at radius 3 is 2.53 bits per heavy atom. The lowest BCUT2D eigenvalue weighted by Gasteiger charge is -2.15. The standard InChI is InChI=1S/C12H12N2O2S/c1-8-10(11(15)16)13-12(17-8)14(2)9-6-4-3-5-7-9/h3-7H,1-2H3,(H,15,16). The number of para-hydroxylation sites is 1. The van der Waals surface area contributed by atoms with Crippen molar-refractivity contribution in [3.8, 4) is 0 Å². The van der Waals surface area contributed by atoms with Gasteiger partial charge in [0.05, 0.1) is 0 Å². The van der Waals surface area contributed by atoms with Crippen molar-refractivity contribution in [2.45, 2.75) is 6.92 Å². The molecule has 0 fully saturated rings. The van der Waals surface area contributed by atoms with E-state index < -0.39 is 5.97 Å². The van der Waals surface area contributed by atoms with E-state index in [1.807, 2.05) is 42.3 Å². The molecule has 0 aliphatic heterocycles. The third-order valence-electron chi connectivity index (χ3n) is 2.42. The SMILES string of the molecule is Cc1sc(N(C)c2ccccc2)nc1C(=O)O. The molecule has 88 valence electrons. The van der Waals surface area contributed by atoms with E-state index in [1.54, 1.807) is 6.92 Å². The number of hydrogen-bond donors (Lipinski definition) is 1. The van der Waals surface area contributed by atoms with Crippen molar-refractivity contribution in [2.24, 2.45) is 0 Å². The smallest absolute Gasteiger partial charge is 0.355 e. The lowest BCUT2D eigenvalue weighted by atomic mass is 10.3. The molecule has 1 heterocycles. The molecule has 0 amide bonds. The molecular formula is C12H12N2O2S. The lowest BCUT2D eigenvalue weighted by Crippen LogP contribution is -2.09. The Bertz CT molecular complexity index is 537. The summed E-state index contributed by atoms with van der Waals surface area (Å²) in [5.74, 6) is -0.980. The van der Waals surface area contributed by atoms with Gasteiger partial charge in [-0.3, -0.25) is 0 Å². The van der Waals surface area contributed by atoms with Gasteiger partial charge < -0.3 is 10.0 Å². The zero-order valence-corrected chi connectivity index (χ0v) is 10.4. The molecule has 0 saturated carbocycles. The fourth-order valence-corrected chi connectivity index (χ4v) is 2.37. The Labute approximate surface area is 103 Å². The highest BCUT2D eigenvalue weighted by Gasteiger charge is 2.16. The quantitative estimate of drug-likeness (QED) is 0.907. The molecule has 0 aliphatic carbocycles. The maximum atomic E-state index is 10.9. The maximum absolute atomic E-state index is 10.9. The van der Waals surface area contributed by atoms with Gasteiger partial charge in [0.15, 0.2) is 10.8 Å². The van der Waals surface area contributed by atoms with Crippen LogP contribution in [0.15, 0.2) is 30.3 Å². The summed E-state index contributed by atoms with van der Waals surface area (Å²) in [6.07, 6.45) is 0. The van der Waals surface area contributed by atoms with Crippen LogP contribution in [0.5, 0.6) is 0 Å². The molecule has 0 unspecified atom stereocenters. The van der Waals surface area contributed by atoms with E-state index in [9.17, 15) is 4.79 Å². The molecule has 1 aromatic carbocycles. The monoisotopic (exact) mass is 248 g/mol. The number of anilines is 2. The zero-order chi connectivity index (χ0) is 12.4. The van der Waals surface area contributed by atoms with E-state index >= 15 is 0 Å². The van der Waals surface area contributed by atoms with Crippen LogP contribution in [0, 0.1) is 6.92 Å². The zero-order valence-electron chi connectivity index (χ0n) is 9.54. The predicted octanol–water partition coefficient (Wildman–Crippen LogP) is 2.92. The summed E-state index contributed by atoms with van der Waals surface area (Å²) in [6, 6.07) is 9.72. The second-order valence-electron chi connectivity index (χ2n) is 3.60. The topological polar surface area (TPSA) is 53.4 Å². The highest BCUT2D eigenvalue weighted by atomic mass is 32.1. The Hall–Kier alpha value is -1.88. The van der Waals surface area contributed by atoms with E-state index in [0.29, 0.717) is 5.13 Å². The number of aromatic carboxylic acids is 1. The number of rotatable bonds is 3. The fourth-order valence-electron chi connectivity index (χ4n) is 1.49. The van der Waals surface area contributed by atoms with Crippen LogP contribution in [-0.2, 0) is 0 Å². The Kier molecular flexibility index (Phi) is 3.10. The first kappa shape index (κ1) is 11.6. The van der Waals surface area contributed by atoms with Gasteiger partial charge in [-0.2, -0.15) is 0 Å². The minimum Gasteiger partial charge on any atom is -0.476 e. The fraction of sp³-hybridized carbons (Fsp3) is 0.167. The number of benzene rings is 1. The van der Waals surface area contributed by atoms with Gasteiger partial charge in [-0.15, -0.1) is 11.3 Å². The van der Waals surface area contributed by atoms with Gasteiger partial charge >= 0.3 is 5.97 Å². The van der Waals surface area contributed by atoms with Gasteiger partial charge in [0.2, 0.25) is 0 Å². The number of carbonyl (C=O) groups is 1. The first-order valence-corrected chi connectivity index (χ1v) is 5.90. The lowest BCUT2D eigenvalue weighted by molar-refractivity contribution is 0.0690. The molecule has 0 atom stereocenters. The summed E-state index contributed by atoms with van der Waals surface area (Å²) in [5.41, 5.74) is 1.12. The number of aryl methyl sites for hydroxylation is 1. The van der Waals surface area contributed by atoms with Crippen LogP contribution < -0.4 is 4.90 Å². The maximum Gasteiger partial charge on any atom is 0.355 e. The van der Waals surface area contributed by atoms with Crippen molar-refractivity contribution in [2.75, 3.05) is 11.9 Å². The van der Waals surface area contributed by atoms with Crippen LogP contribution >= 0.6 is 11.3 Å². The van der Waals surface area contributed by atoms with Crippen LogP contribution in [0.4, 0.5) is 10.8 Å². The van der Waals surface area contributed by atoms with Gasteiger partial charge in [-0.05, 0) is 19.1 Å². The summed E-state index contributed by atoms with van der Waals surface area (Å²) >= 11 is 1.38. The number of thiazole rings is 1. The van der Waals surface area contributed by atoms with Gasteiger partial charge in [0, 0.05) is 17.6 Å². The molecule has 2 rings (SSSR count). The number of carboxylic acid groups (broad SMARTS) is 1. The van der Waals surface area contributed by atoms with Crippen molar-refractivity contribution in [3.05, 3.63) is 40.9 Å². The Morgan fingerprint density at radius 2 is 2.00 bits per heavy atom. The van der Waals surface area contributed by atoms with Crippen molar-refractivity contribution >= 4 is 28.1 Å². The summed E-state index contributed by atoms with van der Waals surface area (Å²) < 4.78 is 0. The molecule has 17 heavy (non-hydrogen) atoms. The second-order valence-corrected chi connectivity index (χ2v) is 4.78. The normalized spacial score (nSPS) is 10.2. The van der Waals surface area contributed by atoms with Gasteiger partial charge in [-0.25, -0.2) is 9.78 Å². The third-order valence-corrected chi connectivity index (χ3v) is 3.47. The molecule has 0 spiro atoms. The van der Waals surface area contributed by atoms with Crippen molar-refractivity contribution in [1.82, 2.24) is 4.98 Å². The number of nitrogens with zero attached hydrogens (tertiary/aromatic N) is 2. The third kappa shape index (κ3) is 2.29. The van der Waals surface area contributed by atoms with Crippen molar-refractivity contribution < 1.29 is 9.90 Å². The molecule has 1 N–H and O–H groups in total. The van der Waals surface area contributed by atoms with Gasteiger partial charge in [0.25, 0.3) is 0 Å². The average molecular weight is 248 g/mol. The first-order chi connectivity index (χ1) is 8.09. The van der Waals surface area contributed by atoms with Crippen LogP contribution in [0.1, 0.15) is 15.4 Å². The van der Waals surface area contributed by atoms with Gasteiger partial charge in [0.1, 0.15) is 0 Å². The van der Waals surface area contributed by atoms with Gasteiger partial charge in [-0.1, -0.05) is 18.2 Å². The molecule has 5 heteroatoms. The van der Waals surface area contributed by atoms with Crippen molar-refractivity contribution in [3.63, 3.8) is 0 Å². The van der Waals surface area contributed by atoms with E-state index in [4.69, 9.17) is 5.11 Å². The van der Waals surface area contributed by atoms with Crippen LogP contribution in [0.3, 0.4) is 0 Å². The highest BCUT2D eigenvalue weighted by Crippen LogP contribution is 2.29. The molecule has 0 bridgehead atoms. The summed E-state index contributed by atoms with van der Waals surface area (Å²) in [4.78, 5) is 17.6. The van der Waals surface area contributed by atoms with Crippen LogP contribution in [0.25, 0.3) is 0 Å².